The molecule has 8 nitrogen and oxygen atoms in total. The Morgan fingerprint density at radius 3 is 2.81 bits per heavy atom. The molecule has 2 aromatic rings. The maximum Gasteiger partial charge on any atom is 0.339 e. The lowest BCUT2D eigenvalue weighted by atomic mass is 10.3. The van der Waals surface area contributed by atoms with E-state index in [0.29, 0.717) is 17.9 Å². The molecule has 0 aromatic carbocycles. The number of carbonyl (C=O) groups excluding carboxylic acids is 1. The van der Waals surface area contributed by atoms with E-state index in [1.54, 1.807) is 18.3 Å². The Morgan fingerprint density at radius 2 is 2.19 bits per heavy atom. The predicted octanol–water partition coefficient (Wildman–Crippen LogP) is 1.65. The average molecular weight is 288 g/mol. The molecule has 0 radical (unpaired) electrons. The number of ether oxygens (including phenoxy) is 1. The molecule has 0 aliphatic heterocycles. The Balaban J connectivity index is 1.75. The van der Waals surface area contributed by atoms with E-state index >= 15 is 0 Å². The van der Waals surface area contributed by atoms with Gasteiger partial charge in [0.2, 0.25) is 0 Å². The van der Waals surface area contributed by atoms with Gasteiger partial charge in [0.25, 0.3) is 5.69 Å². The summed E-state index contributed by atoms with van der Waals surface area (Å²) in [5.41, 5.74) is 0.300. The maximum absolute atomic E-state index is 11.6. The third kappa shape index (κ3) is 4.23. The molecule has 108 valence electrons. The molecule has 0 fully saturated rings. The van der Waals surface area contributed by atoms with E-state index < -0.39 is 10.9 Å². The van der Waals surface area contributed by atoms with Gasteiger partial charge >= 0.3 is 5.97 Å². The standard InChI is InChI=1S/C13H12N4O4/c18-13(10-2-1-5-14-8-10)21-7-6-15-12-4-3-11(9-16-12)17(19)20/h1-5,8-9H,6-7H2,(H,15,16). The third-order valence-electron chi connectivity index (χ3n) is 2.50. The summed E-state index contributed by atoms with van der Waals surface area (Å²) in [7, 11) is 0. The van der Waals surface area contributed by atoms with Crippen molar-refractivity contribution in [1.82, 2.24) is 9.97 Å². The number of nitrogens with one attached hydrogen (secondary N) is 1. The summed E-state index contributed by atoms with van der Waals surface area (Å²) in [4.78, 5) is 29.2. The van der Waals surface area contributed by atoms with Gasteiger partial charge in [0.15, 0.2) is 0 Å². The highest BCUT2D eigenvalue weighted by Gasteiger charge is 2.07. The highest BCUT2D eigenvalue weighted by molar-refractivity contribution is 5.88. The number of nitrogens with zero attached hydrogens (tertiary/aromatic N) is 3. The molecule has 0 aliphatic rings. The van der Waals surface area contributed by atoms with E-state index in [9.17, 15) is 14.9 Å². The molecular formula is C13H12N4O4. The Morgan fingerprint density at radius 1 is 1.33 bits per heavy atom. The van der Waals surface area contributed by atoms with E-state index in [-0.39, 0.29) is 12.3 Å². The minimum atomic E-state index is -0.521. The van der Waals surface area contributed by atoms with Crippen LogP contribution in [0, 0.1) is 10.1 Å². The van der Waals surface area contributed by atoms with E-state index in [4.69, 9.17) is 4.74 Å². The minimum absolute atomic E-state index is 0.0800. The van der Waals surface area contributed by atoms with Gasteiger partial charge in [0.1, 0.15) is 18.6 Å². The zero-order valence-electron chi connectivity index (χ0n) is 10.9. The van der Waals surface area contributed by atoms with Crippen molar-refractivity contribution in [3.63, 3.8) is 0 Å². The van der Waals surface area contributed by atoms with Crippen molar-refractivity contribution < 1.29 is 14.5 Å². The van der Waals surface area contributed by atoms with Crippen LogP contribution in [0.2, 0.25) is 0 Å². The fourth-order valence-electron chi connectivity index (χ4n) is 1.49. The zero-order valence-corrected chi connectivity index (χ0v) is 10.9. The van der Waals surface area contributed by atoms with Crippen molar-refractivity contribution in [3.05, 3.63) is 58.5 Å². The Hall–Kier alpha value is -3.03. The monoisotopic (exact) mass is 288 g/mol. The average Bonchev–Trinajstić information content (AvgIpc) is 2.52. The summed E-state index contributed by atoms with van der Waals surface area (Å²) in [6, 6.07) is 6.09. The first-order valence-corrected chi connectivity index (χ1v) is 6.08. The number of nitro groups is 1. The summed E-state index contributed by atoms with van der Waals surface area (Å²) >= 11 is 0. The first kappa shape index (κ1) is 14.4. The van der Waals surface area contributed by atoms with Crippen LogP contribution in [-0.2, 0) is 4.74 Å². The quantitative estimate of drug-likeness (QED) is 0.372. The van der Waals surface area contributed by atoms with Crippen molar-refractivity contribution >= 4 is 17.5 Å². The maximum atomic E-state index is 11.6. The Bertz CT molecular complexity index is 616. The van der Waals surface area contributed by atoms with Crippen LogP contribution < -0.4 is 5.32 Å². The summed E-state index contributed by atoms with van der Waals surface area (Å²) in [6.45, 7) is 0.489. The molecule has 2 aromatic heterocycles. The van der Waals surface area contributed by atoms with Crippen LogP contribution in [0.5, 0.6) is 0 Å². The van der Waals surface area contributed by atoms with Gasteiger partial charge in [-0.25, -0.2) is 9.78 Å². The first-order valence-electron chi connectivity index (χ1n) is 6.08. The van der Waals surface area contributed by atoms with Gasteiger partial charge < -0.3 is 10.1 Å². The lowest BCUT2D eigenvalue weighted by Gasteiger charge is -2.06. The van der Waals surface area contributed by atoms with Gasteiger partial charge in [0, 0.05) is 18.5 Å². The predicted molar refractivity (Wildman–Crippen MR) is 73.9 cm³/mol. The normalized spacial score (nSPS) is 9.90. The van der Waals surface area contributed by atoms with E-state index in [2.05, 4.69) is 15.3 Å². The molecule has 2 rings (SSSR count). The number of carbonyl (C=O) groups is 1. The molecular weight excluding hydrogens is 276 g/mol. The molecule has 0 unspecified atom stereocenters. The van der Waals surface area contributed by atoms with Gasteiger partial charge in [-0.05, 0) is 18.2 Å². The molecule has 8 heteroatoms. The third-order valence-corrected chi connectivity index (χ3v) is 2.50. The van der Waals surface area contributed by atoms with Crippen LogP contribution in [-0.4, -0.2) is 34.0 Å². The molecule has 0 atom stereocenters. The molecule has 0 saturated heterocycles. The van der Waals surface area contributed by atoms with E-state index in [0.717, 1.165) is 6.20 Å². The van der Waals surface area contributed by atoms with Crippen molar-refractivity contribution in [2.45, 2.75) is 0 Å². The molecule has 0 spiro atoms. The second-order valence-electron chi connectivity index (χ2n) is 3.96. The topological polar surface area (TPSA) is 107 Å². The molecule has 0 bridgehead atoms. The van der Waals surface area contributed by atoms with Crippen molar-refractivity contribution in [1.29, 1.82) is 0 Å². The lowest BCUT2D eigenvalue weighted by Crippen LogP contribution is -2.14. The molecule has 1 N–H and O–H groups in total. The number of anilines is 1. The zero-order chi connectivity index (χ0) is 15.1. The van der Waals surface area contributed by atoms with Crippen LogP contribution in [0.4, 0.5) is 11.5 Å². The van der Waals surface area contributed by atoms with Crippen LogP contribution in [0.1, 0.15) is 10.4 Å². The number of esters is 1. The van der Waals surface area contributed by atoms with Crippen molar-refractivity contribution in [3.8, 4) is 0 Å². The van der Waals surface area contributed by atoms with Crippen molar-refractivity contribution in [2.75, 3.05) is 18.5 Å². The number of hydrogen-bond donors (Lipinski definition) is 1. The van der Waals surface area contributed by atoms with Crippen LogP contribution in [0.3, 0.4) is 0 Å². The lowest BCUT2D eigenvalue weighted by molar-refractivity contribution is -0.385. The molecule has 21 heavy (non-hydrogen) atoms. The number of pyridine rings is 2. The van der Waals surface area contributed by atoms with E-state index in [1.165, 1.54) is 18.3 Å². The second kappa shape index (κ2) is 6.94. The van der Waals surface area contributed by atoms with Gasteiger partial charge in [-0.1, -0.05) is 0 Å². The minimum Gasteiger partial charge on any atom is -0.460 e. The fraction of sp³-hybridized carbons (Fsp3) is 0.154. The molecule has 0 amide bonds. The van der Waals surface area contributed by atoms with Gasteiger partial charge in [-0.3, -0.25) is 15.1 Å². The number of hydrogen-bond acceptors (Lipinski definition) is 7. The largest absolute Gasteiger partial charge is 0.460 e. The van der Waals surface area contributed by atoms with Crippen LogP contribution in [0.15, 0.2) is 42.9 Å². The van der Waals surface area contributed by atoms with Crippen LogP contribution >= 0.6 is 0 Å². The summed E-state index contributed by atoms with van der Waals surface area (Å²) < 4.78 is 5.03. The summed E-state index contributed by atoms with van der Waals surface area (Å²) in [6.07, 6.45) is 4.15. The highest BCUT2D eigenvalue weighted by Crippen LogP contribution is 2.11. The molecule has 0 aliphatic carbocycles. The summed E-state index contributed by atoms with van der Waals surface area (Å²) in [5, 5.41) is 13.4. The van der Waals surface area contributed by atoms with E-state index in [1.807, 2.05) is 0 Å². The highest BCUT2D eigenvalue weighted by atomic mass is 16.6. The Labute approximate surface area is 120 Å². The first-order chi connectivity index (χ1) is 10.2. The van der Waals surface area contributed by atoms with Crippen molar-refractivity contribution in [2.24, 2.45) is 0 Å². The molecule has 0 saturated carbocycles. The Kier molecular flexibility index (Phi) is 4.75. The number of aromatic nitrogens is 2. The summed E-state index contributed by atoms with van der Waals surface area (Å²) in [5.74, 6) is 0.0135. The second-order valence-corrected chi connectivity index (χ2v) is 3.96. The van der Waals surface area contributed by atoms with Gasteiger partial charge in [-0.2, -0.15) is 0 Å². The number of rotatable bonds is 6. The van der Waals surface area contributed by atoms with Crippen LogP contribution in [0.25, 0.3) is 0 Å². The van der Waals surface area contributed by atoms with Gasteiger partial charge in [-0.15, -0.1) is 0 Å². The SMILES string of the molecule is O=C(OCCNc1ccc([N+](=O)[O-])cn1)c1cccnc1. The fourth-order valence-corrected chi connectivity index (χ4v) is 1.49. The van der Waals surface area contributed by atoms with Gasteiger partial charge in [0.05, 0.1) is 17.0 Å². The smallest absolute Gasteiger partial charge is 0.339 e. The molecule has 2 heterocycles.